The maximum atomic E-state index is 12.7. The molecule has 2 N–H and O–H groups in total. The lowest BCUT2D eigenvalue weighted by atomic mass is 10.1. The standard InChI is InChI=1S/C26H26Br4O10/c1-25(2,3)39-21(33)13-7-11(27)9-15(29)19(13)37-23(35)17(31)18(32)24(36)38-20-14(8-12(28)10-16(20)30)22(34)40-26(4,5)6/h7-10,17-18,31-32H,1-6H3/t17-,18-/m1/s1. The molecule has 0 aliphatic carbocycles. The van der Waals surface area contributed by atoms with Crippen LogP contribution in [0.1, 0.15) is 62.3 Å². The highest BCUT2D eigenvalue weighted by Crippen LogP contribution is 2.36. The van der Waals surface area contributed by atoms with Crippen molar-refractivity contribution in [2.45, 2.75) is 65.0 Å². The van der Waals surface area contributed by atoms with Crippen LogP contribution in [0.15, 0.2) is 42.2 Å². The Kier molecular flexibility index (Phi) is 11.5. The van der Waals surface area contributed by atoms with Gasteiger partial charge in [-0.25, -0.2) is 19.2 Å². The van der Waals surface area contributed by atoms with Crippen LogP contribution in [0.3, 0.4) is 0 Å². The second-order valence-electron chi connectivity index (χ2n) is 10.3. The SMILES string of the molecule is CC(C)(C)OC(=O)c1cc(Br)cc(Br)c1OC(=O)[C@H](O)[C@@H](O)C(=O)Oc1c(Br)cc(Br)cc1C(=O)OC(C)(C)C. The Morgan fingerprint density at radius 1 is 0.625 bits per heavy atom. The number of carbonyl (C=O) groups is 4. The highest BCUT2D eigenvalue weighted by molar-refractivity contribution is 9.11. The number of hydrogen-bond acceptors (Lipinski definition) is 10. The summed E-state index contributed by atoms with van der Waals surface area (Å²) >= 11 is 12.8. The molecule has 2 aromatic rings. The summed E-state index contributed by atoms with van der Waals surface area (Å²) in [6.45, 7) is 9.88. The second-order valence-corrected chi connectivity index (χ2v) is 13.8. The third kappa shape index (κ3) is 9.62. The average Bonchev–Trinajstić information content (AvgIpc) is 2.78. The molecule has 40 heavy (non-hydrogen) atoms. The van der Waals surface area contributed by atoms with Gasteiger partial charge in [0, 0.05) is 8.95 Å². The van der Waals surface area contributed by atoms with E-state index in [2.05, 4.69) is 63.7 Å². The number of hydrogen-bond donors (Lipinski definition) is 2. The van der Waals surface area contributed by atoms with Crippen LogP contribution in [-0.2, 0) is 19.1 Å². The molecule has 0 unspecified atom stereocenters. The van der Waals surface area contributed by atoms with Crippen LogP contribution in [-0.4, -0.2) is 57.5 Å². The van der Waals surface area contributed by atoms with Crippen molar-refractivity contribution in [3.63, 3.8) is 0 Å². The van der Waals surface area contributed by atoms with Gasteiger partial charge < -0.3 is 29.2 Å². The highest BCUT2D eigenvalue weighted by atomic mass is 79.9. The number of esters is 4. The molecule has 0 aliphatic rings. The Hall–Kier alpha value is -1.84. The Balaban J connectivity index is 2.30. The van der Waals surface area contributed by atoms with Gasteiger partial charge in [0.05, 0.1) is 8.95 Å². The van der Waals surface area contributed by atoms with Gasteiger partial charge in [-0.05, 0) is 97.7 Å². The minimum absolute atomic E-state index is 0.140. The number of halogens is 4. The lowest BCUT2D eigenvalue weighted by molar-refractivity contribution is -0.162. The maximum absolute atomic E-state index is 12.7. The van der Waals surface area contributed by atoms with Crippen LogP contribution in [0.4, 0.5) is 0 Å². The molecule has 0 heterocycles. The predicted molar refractivity (Wildman–Crippen MR) is 157 cm³/mol. The summed E-state index contributed by atoms with van der Waals surface area (Å²) in [6.07, 6.45) is -4.87. The van der Waals surface area contributed by atoms with E-state index in [1.807, 2.05) is 0 Å². The van der Waals surface area contributed by atoms with Gasteiger partial charge in [-0.2, -0.15) is 0 Å². The molecular formula is C26H26Br4O10. The number of aliphatic hydroxyl groups excluding tert-OH is 2. The topological polar surface area (TPSA) is 146 Å². The fraction of sp³-hybridized carbons (Fsp3) is 0.385. The Bertz CT molecular complexity index is 1230. The molecular weight excluding hydrogens is 792 g/mol. The Morgan fingerprint density at radius 2 is 0.925 bits per heavy atom. The molecule has 0 saturated carbocycles. The molecule has 0 fully saturated rings. The van der Waals surface area contributed by atoms with Gasteiger partial charge in [-0.3, -0.25) is 0 Å². The van der Waals surface area contributed by atoms with Crippen LogP contribution in [0.2, 0.25) is 0 Å². The average molecular weight is 818 g/mol. The van der Waals surface area contributed by atoms with E-state index in [0.717, 1.165) is 0 Å². The van der Waals surface area contributed by atoms with Crippen molar-refractivity contribution >= 4 is 87.6 Å². The van der Waals surface area contributed by atoms with E-state index in [1.165, 1.54) is 24.3 Å². The minimum Gasteiger partial charge on any atom is -0.456 e. The normalized spacial score (nSPS) is 13.2. The lowest BCUT2D eigenvalue weighted by Gasteiger charge is -2.22. The van der Waals surface area contributed by atoms with Gasteiger partial charge >= 0.3 is 23.9 Å². The largest absolute Gasteiger partial charge is 0.456 e. The number of ether oxygens (including phenoxy) is 4. The van der Waals surface area contributed by atoms with Crippen LogP contribution >= 0.6 is 63.7 Å². The van der Waals surface area contributed by atoms with E-state index in [9.17, 15) is 29.4 Å². The predicted octanol–water partition coefficient (Wildman–Crippen LogP) is 5.88. The van der Waals surface area contributed by atoms with Crippen molar-refractivity contribution < 1.29 is 48.3 Å². The molecule has 10 nitrogen and oxygen atoms in total. The van der Waals surface area contributed by atoms with Gasteiger partial charge in [0.15, 0.2) is 23.7 Å². The molecule has 14 heteroatoms. The van der Waals surface area contributed by atoms with Gasteiger partial charge in [0.2, 0.25) is 0 Å². The van der Waals surface area contributed by atoms with E-state index in [0.29, 0.717) is 8.95 Å². The minimum atomic E-state index is -2.44. The third-order valence-electron chi connectivity index (χ3n) is 4.44. The van der Waals surface area contributed by atoms with E-state index in [1.54, 1.807) is 41.5 Å². The summed E-state index contributed by atoms with van der Waals surface area (Å²) < 4.78 is 22.3. The lowest BCUT2D eigenvalue weighted by Crippen LogP contribution is -2.44. The molecule has 2 atom stereocenters. The smallest absolute Gasteiger partial charge is 0.343 e. The number of aliphatic hydroxyl groups is 2. The summed E-state index contributed by atoms with van der Waals surface area (Å²) in [5.41, 5.74) is -2.08. The zero-order chi connectivity index (χ0) is 30.7. The Morgan fingerprint density at radius 3 is 1.20 bits per heavy atom. The zero-order valence-electron chi connectivity index (χ0n) is 22.1. The van der Waals surface area contributed by atoms with E-state index >= 15 is 0 Å². The molecule has 0 spiro atoms. The van der Waals surface area contributed by atoms with Crippen molar-refractivity contribution in [2.75, 3.05) is 0 Å². The molecule has 0 bridgehead atoms. The first-order valence-electron chi connectivity index (χ1n) is 11.4. The first-order valence-corrected chi connectivity index (χ1v) is 14.6. The van der Waals surface area contributed by atoms with Gasteiger partial charge in [-0.15, -0.1) is 0 Å². The Labute approximate surface area is 264 Å². The van der Waals surface area contributed by atoms with Crippen molar-refractivity contribution in [3.8, 4) is 11.5 Å². The van der Waals surface area contributed by atoms with Gasteiger partial charge in [0.25, 0.3) is 0 Å². The summed E-state index contributed by atoms with van der Waals surface area (Å²) in [7, 11) is 0. The fourth-order valence-electron chi connectivity index (χ4n) is 2.88. The summed E-state index contributed by atoms with van der Waals surface area (Å²) in [5.74, 6) is -5.24. The van der Waals surface area contributed by atoms with Crippen LogP contribution < -0.4 is 9.47 Å². The van der Waals surface area contributed by atoms with Crippen molar-refractivity contribution in [3.05, 3.63) is 53.3 Å². The second kappa shape index (κ2) is 13.4. The molecule has 0 saturated heterocycles. The number of rotatable bonds is 7. The molecule has 0 amide bonds. The van der Waals surface area contributed by atoms with E-state index in [4.69, 9.17) is 18.9 Å². The van der Waals surface area contributed by atoms with Crippen molar-refractivity contribution in [2.24, 2.45) is 0 Å². The first kappa shape index (κ1) is 34.4. The number of benzene rings is 2. The van der Waals surface area contributed by atoms with Crippen LogP contribution in [0.25, 0.3) is 0 Å². The third-order valence-corrected chi connectivity index (χ3v) is 6.54. The molecule has 0 radical (unpaired) electrons. The molecule has 218 valence electrons. The zero-order valence-corrected chi connectivity index (χ0v) is 28.5. The molecule has 0 aromatic heterocycles. The van der Waals surface area contributed by atoms with Crippen molar-refractivity contribution in [1.82, 2.24) is 0 Å². The number of carbonyl (C=O) groups excluding carboxylic acids is 4. The quantitative estimate of drug-likeness (QED) is 0.257. The molecule has 2 rings (SSSR count). The fourth-order valence-corrected chi connectivity index (χ4v) is 5.49. The van der Waals surface area contributed by atoms with Gasteiger partial charge in [-0.1, -0.05) is 31.9 Å². The maximum Gasteiger partial charge on any atom is 0.343 e. The van der Waals surface area contributed by atoms with Crippen LogP contribution in [0, 0.1) is 0 Å². The molecule has 0 aliphatic heterocycles. The van der Waals surface area contributed by atoms with E-state index < -0.39 is 47.3 Å². The molecule has 2 aromatic carbocycles. The van der Waals surface area contributed by atoms with Crippen LogP contribution in [0.5, 0.6) is 11.5 Å². The monoisotopic (exact) mass is 814 g/mol. The summed E-state index contributed by atoms with van der Waals surface area (Å²) in [5, 5.41) is 20.9. The highest BCUT2D eigenvalue weighted by Gasteiger charge is 2.36. The summed E-state index contributed by atoms with van der Waals surface area (Å²) in [6, 6.07) is 5.61. The summed E-state index contributed by atoms with van der Waals surface area (Å²) in [4.78, 5) is 50.9. The first-order chi connectivity index (χ1) is 18.2. The van der Waals surface area contributed by atoms with E-state index in [-0.39, 0.29) is 31.6 Å². The van der Waals surface area contributed by atoms with Crippen molar-refractivity contribution in [1.29, 1.82) is 0 Å². The van der Waals surface area contributed by atoms with Gasteiger partial charge in [0.1, 0.15) is 22.3 Å².